The van der Waals surface area contributed by atoms with Crippen molar-refractivity contribution < 1.29 is 23.7 Å². The van der Waals surface area contributed by atoms with E-state index in [1.165, 1.54) is 36.4 Å². The minimum atomic E-state index is -0.956. The summed E-state index contributed by atoms with van der Waals surface area (Å²) in [5, 5.41) is 16.4. The Morgan fingerprint density at radius 2 is 1.50 bits per heavy atom. The maximum atomic E-state index is 13.5. The topological polar surface area (TPSA) is 158 Å². The van der Waals surface area contributed by atoms with Crippen LogP contribution in [0, 0.1) is 10.1 Å². The predicted molar refractivity (Wildman–Crippen MR) is 167 cm³/mol. The van der Waals surface area contributed by atoms with Crippen molar-refractivity contribution in [2.24, 2.45) is 5.73 Å². The zero-order valence-electron chi connectivity index (χ0n) is 23.2. The number of nitrogens with zero attached hydrogens (tertiary/aromatic N) is 1. The molecule has 4 aromatic carbocycles. The molecule has 5 aromatic rings. The maximum Gasteiger partial charge on any atom is 0.269 e. The van der Waals surface area contributed by atoms with Gasteiger partial charge in [0.1, 0.15) is 17.6 Å². The highest BCUT2D eigenvalue weighted by Gasteiger charge is 2.20. The van der Waals surface area contributed by atoms with Gasteiger partial charge >= 0.3 is 0 Å². The quantitative estimate of drug-likeness (QED) is 0.0742. The van der Waals surface area contributed by atoms with Gasteiger partial charge in [0.25, 0.3) is 5.69 Å². The van der Waals surface area contributed by atoms with E-state index in [1.54, 1.807) is 84.9 Å². The van der Waals surface area contributed by atoms with Crippen LogP contribution in [0.1, 0.15) is 33.3 Å². The van der Waals surface area contributed by atoms with Gasteiger partial charge in [-0.25, -0.2) is 0 Å². The number of nitro groups is 1. The molecule has 0 saturated heterocycles. The number of nitrogens with one attached hydrogen (secondary N) is 2. The van der Waals surface area contributed by atoms with Gasteiger partial charge in [-0.3, -0.25) is 24.5 Å². The third-order valence-electron chi connectivity index (χ3n) is 6.66. The normalized spacial score (nSPS) is 11.6. The first kappa shape index (κ1) is 29.4. The van der Waals surface area contributed by atoms with E-state index in [4.69, 9.17) is 10.2 Å². The van der Waals surface area contributed by atoms with Gasteiger partial charge in [0.2, 0.25) is 11.8 Å². The lowest BCUT2D eigenvalue weighted by atomic mass is 10.00. The van der Waals surface area contributed by atoms with Gasteiger partial charge in [-0.15, -0.1) is 0 Å². The Labute approximate surface area is 252 Å². The summed E-state index contributed by atoms with van der Waals surface area (Å²) in [4.78, 5) is 49.6. The van der Waals surface area contributed by atoms with Crippen LogP contribution in [-0.4, -0.2) is 22.5 Å². The van der Waals surface area contributed by atoms with E-state index in [2.05, 4.69) is 10.6 Å². The second-order valence-electron chi connectivity index (χ2n) is 9.66. The van der Waals surface area contributed by atoms with Crippen LogP contribution in [0.15, 0.2) is 126 Å². The Balaban J connectivity index is 1.32. The van der Waals surface area contributed by atoms with E-state index in [9.17, 15) is 24.5 Å². The number of rotatable bonds is 10. The van der Waals surface area contributed by atoms with Crippen LogP contribution in [0.5, 0.6) is 0 Å². The molecule has 2 amide bonds. The van der Waals surface area contributed by atoms with Crippen molar-refractivity contribution in [1.82, 2.24) is 0 Å². The SMILES string of the molecule is N[C@@H](C(=O)Nc1ccc(NC(=O)/C=C/c2ccc(-c3ccc([N+](=O)[O-])cc3)o2)cc1C(=O)c1ccccc1)c1ccccc1. The first-order valence-corrected chi connectivity index (χ1v) is 13.5. The molecule has 5 rings (SSSR count). The van der Waals surface area contributed by atoms with Gasteiger partial charge < -0.3 is 20.8 Å². The molecule has 0 bridgehead atoms. The van der Waals surface area contributed by atoms with Crippen molar-refractivity contribution in [3.05, 3.63) is 154 Å². The molecule has 4 N–H and O–H groups in total. The number of anilines is 2. The smallest absolute Gasteiger partial charge is 0.269 e. The zero-order chi connectivity index (χ0) is 31.1. The molecule has 1 aromatic heterocycles. The van der Waals surface area contributed by atoms with Gasteiger partial charge in [0, 0.05) is 40.6 Å². The Hall–Kier alpha value is -6.13. The fourth-order valence-electron chi connectivity index (χ4n) is 4.37. The van der Waals surface area contributed by atoms with Gasteiger partial charge in [-0.05, 0) is 54.1 Å². The van der Waals surface area contributed by atoms with Crippen LogP contribution in [0.2, 0.25) is 0 Å². The maximum absolute atomic E-state index is 13.5. The summed E-state index contributed by atoms with van der Waals surface area (Å²) in [5.74, 6) is -0.464. The molecule has 0 aliphatic rings. The molecule has 10 nitrogen and oxygen atoms in total. The molecular formula is C34H26N4O6. The summed E-state index contributed by atoms with van der Waals surface area (Å²) in [6.45, 7) is 0. The average molecular weight is 587 g/mol. The molecule has 10 heteroatoms. The summed E-state index contributed by atoms with van der Waals surface area (Å²) in [7, 11) is 0. The molecule has 0 fully saturated rings. The van der Waals surface area contributed by atoms with Crippen molar-refractivity contribution in [3.63, 3.8) is 0 Å². The first-order valence-electron chi connectivity index (χ1n) is 13.5. The fraction of sp³-hybridized carbons (Fsp3) is 0.0294. The summed E-state index contributed by atoms with van der Waals surface area (Å²) in [6.07, 6.45) is 2.74. The minimum Gasteiger partial charge on any atom is -0.457 e. The Morgan fingerprint density at radius 3 is 2.18 bits per heavy atom. The van der Waals surface area contributed by atoms with Gasteiger partial charge in [-0.2, -0.15) is 0 Å². The lowest BCUT2D eigenvalue weighted by Gasteiger charge is -2.16. The van der Waals surface area contributed by atoms with E-state index in [0.29, 0.717) is 33.9 Å². The average Bonchev–Trinajstić information content (AvgIpc) is 3.54. The van der Waals surface area contributed by atoms with E-state index in [-0.39, 0.29) is 22.7 Å². The van der Waals surface area contributed by atoms with Crippen molar-refractivity contribution in [2.75, 3.05) is 10.6 Å². The zero-order valence-corrected chi connectivity index (χ0v) is 23.2. The van der Waals surface area contributed by atoms with E-state index >= 15 is 0 Å². The van der Waals surface area contributed by atoms with Crippen molar-refractivity contribution in [1.29, 1.82) is 0 Å². The van der Waals surface area contributed by atoms with E-state index in [1.807, 2.05) is 6.07 Å². The lowest BCUT2D eigenvalue weighted by Crippen LogP contribution is -2.28. The number of non-ortho nitro benzene ring substituents is 1. The molecule has 218 valence electrons. The van der Waals surface area contributed by atoms with E-state index < -0.39 is 22.8 Å². The first-order chi connectivity index (χ1) is 21.3. The Kier molecular flexibility index (Phi) is 8.83. The van der Waals surface area contributed by atoms with Crippen molar-refractivity contribution in [2.45, 2.75) is 6.04 Å². The number of ketones is 1. The number of carbonyl (C=O) groups is 3. The molecular weight excluding hydrogens is 560 g/mol. The van der Waals surface area contributed by atoms with Crippen LogP contribution >= 0.6 is 0 Å². The number of benzene rings is 4. The third-order valence-corrected chi connectivity index (χ3v) is 6.66. The summed E-state index contributed by atoms with van der Waals surface area (Å²) < 4.78 is 5.74. The largest absolute Gasteiger partial charge is 0.457 e. The van der Waals surface area contributed by atoms with Crippen LogP contribution in [-0.2, 0) is 9.59 Å². The van der Waals surface area contributed by atoms with Crippen LogP contribution < -0.4 is 16.4 Å². The number of carbonyl (C=O) groups excluding carboxylic acids is 3. The van der Waals surface area contributed by atoms with Gasteiger partial charge in [0.05, 0.1) is 10.6 Å². The summed E-state index contributed by atoms with van der Waals surface area (Å²) in [6, 6.07) is 30.3. The standard InChI is InChI=1S/C34H26N4O6/c35-32(23-7-3-1-4-8-23)34(41)37-29-18-13-25(21-28(29)33(40)24-9-5-2-6-10-24)36-31(39)20-17-27-16-19-30(44-27)22-11-14-26(15-12-22)38(42)43/h1-21,32H,35H2,(H,36,39)(H,37,41)/b20-17+/t32-/m1/s1. The predicted octanol–water partition coefficient (Wildman–Crippen LogP) is 6.38. The third kappa shape index (κ3) is 7.01. The molecule has 0 spiro atoms. The number of furan rings is 1. The highest BCUT2D eigenvalue weighted by molar-refractivity contribution is 6.15. The van der Waals surface area contributed by atoms with Crippen LogP contribution in [0.25, 0.3) is 17.4 Å². The second-order valence-corrected chi connectivity index (χ2v) is 9.66. The number of nitrogens with two attached hydrogens (primary N) is 1. The highest BCUT2D eigenvalue weighted by atomic mass is 16.6. The Bertz CT molecular complexity index is 1850. The highest BCUT2D eigenvalue weighted by Crippen LogP contribution is 2.27. The monoisotopic (exact) mass is 586 g/mol. The summed E-state index contributed by atoms with van der Waals surface area (Å²) >= 11 is 0. The number of hydrogen-bond acceptors (Lipinski definition) is 7. The fourth-order valence-corrected chi connectivity index (χ4v) is 4.37. The van der Waals surface area contributed by atoms with Gasteiger partial charge in [-0.1, -0.05) is 60.7 Å². The summed E-state index contributed by atoms with van der Waals surface area (Å²) in [5.41, 5.74) is 8.54. The molecule has 1 atom stereocenters. The van der Waals surface area contributed by atoms with Crippen LogP contribution in [0.4, 0.5) is 17.1 Å². The lowest BCUT2D eigenvalue weighted by molar-refractivity contribution is -0.384. The Morgan fingerprint density at radius 1 is 0.818 bits per heavy atom. The molecule has 0 aliphatic carbocycles. The number of hydrogen-bond donors (Lipinski definition) is 3. The molecule has 0 saturated carbocycles. The van der Waals surface area contributed by atoms with E-state index in [0.717, 1.165) is 0 Å². The van der Waals surface area contributed by atoms with Crippen LogP contribution in [0.3, 0.4) is 0 Å². The molecule has 44 heavy (non-hydrogen) atoms. The van der Waals surface area contributed by atoms with Crippen molar-refractivity contribution >= 4 is 40.7 Å². The van der Waals surface area contributed by atoms with Gasteiger partial charge in [0.15, 0.2) is 5.78 Å². The minimum absolute atomic E-state index is 0.0307. The van der Waals surface area contributed by atoms with Crippen molar-refractivity contribution in [3.8, 4) is 11.3 Å². The number of nitro benzene ring substituents is 1. The molecule has 0 unspecified atom stereocenters. The second kappa shape index (κ2) is 13.2. The molecule has 0 aliphatic heterocycles. The molecule has 0 radical (unpaired) electrons. The number of amides is 2. The molecule has 1 heterocycles.